The first kappa shape index (κ1) is 13.8. The van der Waals surface area contributed by atoms with Crippen molar-refractivity contribution in [2.45, 2.75) is 26.3 Å². The Hall–Kier alpha value is -1.62. The summed E-state index contributed by atoms with van der Waals surface area (Å²) in [4.78, 5) is 27.0. The molecule has 0 saturated carbocycles. The Labute approximate surface area is 113 Å². The van der Waals surface area contributed by atoms with Gasteiger partial charge >= 0.3 is 0 Å². The number of carbonyl (C=O) groups is 2. The van der Waals surface area contributed by atoms with E-state index in [4.69, 9.17) is 4.42 Å². The van der Waals surface area contributed by atoms with Gasteiger partial charge in [-0.25, -0.2) is 0 Å². The van der Waals surface area contributed by atoms with Crippen molar-refractivity contribution in [3.63, 3.8) is 0 Å². The number of hydrogen-bond donors (Lipinski definition) is 0. The van der Waals surface area contributed by atoms with Gasteiger partial charge in [-0.15, -0.1) is 0 Å². The third-order valence-electron chi connectivity index (χ3n) is 3.49. The zero-order valence-corrected chi connectivity index (χ0v) is 11.5. The van der Waals surface area contributed by atoms with Crippen LogP contribution in [0.5, 0.6) is 0 Å². The van der Waals surface area contributed by atoms with Gasteiger partial charge in [-0.2, -0.15) is 0 Å². The fourth-order valence-electron chi connectivity index (χ4n) is 2.26. The molecule has 1 aliphatic heterocycles. The van der Waals surface area contributed by atoms with Gasteiger partial charge < -0.3 is 9.32 Å². The second-order valence-corrected chi connectivity index (χ2v) is 5.09. The Morgan fingerprint density at radius 2 is 2.11 bits per heavy atom. The first-order chi connectivity index (χ1) is 9.06. The number of hydrogen-bond acceptors (Lipinski definition) is 4. The maximum atomic E-state index is 12.1. The van der Waals surface area contributed by atoms with E-state index in [1.54, 1.807) is 11.2 Å². The van der Waals surface area contributed by atoms with Gasteiger partial charge in [0.1, 0.15) is 11.5 Å². The maximum Gasteiger partial charge on any atom is 0.236 e. The summed E-state index contributed by atoms with van der Waals surface area (Å²) in [5, 5.41) is 0. The van der Waals surface area contributed by atoms with Crippen molar-refractivity contribution in [1.82, 2.24) is 9.80 Å². The van der Waals surface area contributed by atoms with Crippen molar-refractivity contribution >= 4 is 11.7 Å². The first-order valence-electron chi connectivity index (χ1n) is 6.57. The summed E-state index contributed by atoms with van der Waals surface area (Å²) in [5.41, 5.74) is 1.10. The summed E-state index contributed by atoms with van der Waals surface area (Å²) in [7, 11) is 1.92. The van der Waals surface area contributed by atoms with E-state index in [1.165, 1.54) is 0 Å². The molecule has 1 fully saturated rings. The van der Waals surface area contributed by atoms with Crippen LogP contribution in [0, 0.1) is 6.92 Å². The summed E-state index contributed by atoms with van der Waals surface area (Å²) in [6.07, 6.45) is 2.66. The van der Waals surface area contributed by atoms with Crippen molar-refractivity contribution < 1.29 is 14.0 Å². The monoisotopic (exact) mass is 264 g/mol. The van der Waals surface area contributed by atoms with Crippen molar-refractivity contribution in [2.75, 3.05) is 26.7 Å². The smallest absolute Gasteiger partial charge is 0.236 e. The molecule has 2 rings (SSSR count). The lowest BCUT2D eigenvalue weighted by Gasteiger charge is -2.28. The van der Waals surface area contributed by atoms with Crippen LogP contribution in [0.25, 0.3) is 0 Å². The quantitative estimate of drug-likeness (QED) is 0.820. The highest BCUT2D eigenvalue weighted by atomic mass is 16.3. The second kappa shape index (κ2) is 6.02. The summed E-state index contributed by atoms with van der Waals surface area (Å²) >= 11 is 0. The van der Waals surface area contributed by atoms with Gasteiger partial charge in [-0.3, -0.25) is 14.5 Å². The highest BCUT2D eigenvalue weighted by Crippen LogP contribution is 2.12. The number of piperidine rings is 1. The molecule has 1 amide bonds. The molecule has 1 saturated heterocycles. The molecule has 1 aromatic heterocycles. The molecule has 0 radical (unpaired) electrons. The van der Waals surface area contributed by atoms with Gasteiger partial charge in [0.25, 0.3) is 0 Å². The molecule has 0 bridgehead atoms. The van der Waals surface area contributed by atoms with Crippen LogP contribution in [0.15, 0.2) is 16.7 Å². The second-order valence-electron chi connectivity index (χ2n) is 5.09. The van der Waals surface area contributed by atoms with E-state index in [9.17, 15) is 9.59 Å². The number of likely N-dealkylation sites (tertiary alicyclic amines) is 1. The Bertz CT molecular complexity index is 457. The number of rotatable bonds is 4. The number of nitrogens with zero attached hydrogens (tertiary/aromatic N) is 2. The molecular formula is C14H20N2O3. The van der Waals surface area contributed by atoms with Crippen LogP contribution in [0.3, 0.4) is 0 Å². The molecule has 0 aromatic carbocycles. The Kier molecular flexibility index (Phi) is 4.37. The zero-order valence-electron chi connectivity index (χ0n) is 11.5. The van der Waals surface area contributed by atoms with E-state index >= 15 is 0 Å². The third-order valence-corrected chi connectivity index (χ3v) is 3.49. The largest absolute Gasteiger partial charge is 0.469 e. The minimum absolute atomic E-state index is 0.0937. The lowest BCUT2D eigenvalue weighted by Crippen LogP contribution is -2.43. The molecule has 19 heavy (non-hydrogen) atoms. The van der Waals surface area contributed by atoms with E-state index in [0.717, 1.165) is 11.3 Å². The van der Waals surface area contributed by atoms with Gasteiger partial charge in [0.15, 0.2) is 0 Å². The van der Waals surface area contributed by atoms with Crippen LogP contribution in [0.2, 0.25) is 0 Å². The van der Waals surface area contributed by atoms with Gasteiger partial charge in [0, 0.05) is 38.0 Å². The third kappa shape index (κ3) is 3.67. The average Bonchev–Trinajstić information content (AvgIpc) is 2.75. The predicted molar refractivity (Wildman–Crippen MR) is 70.6 cm³/mol. The SMILES string of the molecule is Cc1occc1CN(C)CC(=O)N1CCC(=O)CC1. The lowest BCUT2D eigenvalue weighted by atomic mass is 10.1. The van der Waals surface area contributed by atoms with Crippen LogP contribution >= 0.6 is 0 Å². The van der Waals surface area contributed by atoms with E-state index in [0.29, 0.717) is 39.0 Å². The van der Waals surface area contributed by atoms with Crippen molar-refractivity contribution in [1.29, 1.82) is 0 Å². The molecule has 0 aliphatic carbocycles. The molecule has 0 atom stereocenters. The lowest BCUT2D eigenvalue weighted by molar-refractivity contribution is -0.135. The number of amides is 1. The van der Waals surface area contributed by atoms with E-state index in [2.05, 4.69) is 0 Å². The average molecular weight is 264 g/mol. The fraction of sp³-hybridized carbons (Fsp3) is 0.571. The summed E-state index contributed by atoms with van der Waals surface area (Å²) in [6, 6.07) is 1.93. The molecular weight excluding hydrogens is 244 g/mol. The molecule has 1 aliphatic rings. The number of aryl methyl sites for hydroxylation is 1. The molecule has 0 unspecified atom stereocenters. The van der Waals surface area contributed by atoms with Crippen LogP contribution in [-0.2, 0) is 16.1 Å². The van der Waals surface area contributed by atoms with Crippen LogP contribution < -0.4 is 0 Å². The van der Waals surface area contributed by atoms with E-state index in [1.807, 2.05) is 24.9 Å². The highest BCUT2D eigenvalue weighted by molar-refractivity contribution is 5.84. The minimum Gasteiger partial charge on any atom is -0.469 e. The first-order valence-corrected chi connectivity index (χ1v) is 6.57. The number of carbonyl (C=O) groups excluding carboxylic acids is 2. The predicted octanol–water partition coefficient (Wildman–Crippen LogP) is 1.21. The Balaban J connectivity index is 1.82. The van der Waals surface area contributed by atoms with Crippen LogP contribution in [0.4, 0.5) is 0 Å². The number of likely N-dealkylation sites (N-methyl/N-ethyl adjacent to an activating group) is 1. The molecule has 0 N–H and O–H groups in total. The van der Waals surface area contributed by atoms with Crippen molar-refractivity contribution in [2.24, 2.45) is 0 Å². The fourth-order valence-corrected chi connectivity index (χ4v) is 2.26. The van der Waals surface area contributed by atoms with E-state index < -0.39 is 0 Å². The number of ketones is 1. The molecule has 5 heteroatoms. The standard InChI is InChI=1S/C14H20N2O3/c1-11-12(5-8-19-11)9-15(2)10-14(18)16-6-3-13(17)4-7-16/h5,8H,3-4,6-7,9-10H2,1-2H3. The van der Waals surface area contributed by atoms with Crippen molar-refractivity contribution in [3.05, 3.63) is 23.7 Å². The number of Topliss-reactive ketones (excluding diaryl/α,β-unsaturated/α-hetero) is 1. The van der Waals surface area contributed by atoms with E-state index in [-0.39, 0.29) is 11.7 Å². The molecule has 0 spiro atoms. The minimum atomic E-state index is 0.0937. The summed E-state index contributed by atoms with van der Waals surface area (Å²) in [5.74, 6) is 1.24. The molecule has 104 valence electrons. The maximum absolute atomic E-state index is 12.1. The van der Waals surface area contributed by atoms with Gasteiger partial charge in [0.05, 0.1) is 12.8 Å². The van der Waals surface area contributed by atoms with Gasteiger partial charge in [0.2, 0.25) is 5.91 Å². The van der Waals surface area contributed by atoms with Crippen LogP contribution in [0.1, 0.15) is 24.2 Å². The van der Waals surface area contributed by atoms with Gasteiger partial charge in [-0.1, -0.05) is 0 Å². The van der Waals surface area contributed by atoms with Gasteiger partial charge in [-0.05, 0) is 20.0 Å². The summed E-state index contributed by atoms with van der Waals surface area (Å²) in [6.45, 7) is 4.12. The highest BCUT2D eigenvalue weighted by Gasteiger charge is 2.21. The molecule has 1 aromatic rings. The Morgan fingerprint density at radius 3 is 2.68 bits per heavy atom. The summed E-state index contributed by atoms with van der Waals surface area (Å²) < 4.78 is 5.24. The zero-order chi connectivity index (χ0) is 13.8. The Morgan fingerprint density at radius 1 is 1.42 bits per heavy atom. The topological polar surface area (TPSA) is 53.8 Å². The van der Waals surface area contributed by atoms with Crippen molar-refractivity contribution in [3.8, 4) is 0 Å². The molecule has 2 heterocycles. The number of furan rings is 1. The normalized spacial score (nSPS) is 16.2. The van der Waals surface area contributed by atoms with Crippen LogP contribution in [-0.4, -0.2) is 48.2 Å². The molecule has 5 nitrogen and oxygen atoms in total.